The van der Waals surface area contributed by atoms with Crippen LogP contribution in [0, 0.1) is 17.7 Å². The van der Waals surface area contributed by atoms with Crippen LogP contribution < -0.4 is 26.6 Å². The molecule has 0 unspecified atom stereocenters. The molecule has 6 aromatic rings. The van der Waals surface area contributed by atoms with E-state index >= 15 is 4.39 Å². The standard InChI is InChI=1S/C65H82FN15O8/c1-3-89-59(86)39-69-55(82)38-68-56(83)41-81-52-9-7-8-49(50-35-53-47(34-51(50)66)36-71-75(53)2)60(52)61(74-81)45-22-30-79(31-23-45)58(85)15-14-57(84)78-28-16-42(17-29-78)40-76-26-18-46(19-27-76)65(88)80-32-20-44(21-33-80)43-10-12-48(13-11-43)72-64-62(63(67)87)70-37-54(73-64)77-24-5-4-6-25-77/h7-13,34-37,42,44-46H,3-6,14-33,38-41H2,1-2H3,(H2,67,87)(H,68,83)(H,69,82)(H,72,73). The van der Waals surface area contributed by atoms with Gasteiger partial charge in [0, 0.05) is 113 Å². The van der Waals surface area contributed by atoms with Crippen LogP contribution in [0.2, 0.25) is 0 Å². The van der Waals surface area contributed by atoms with Gasteiger partial charge in [0.25, 0.3) is 5.91 Å². The minimum absolute atomic E-state index is 0.00924. The molecule has 0 aliphatic carbocycles. The Hall–Kier alpha value is -8.54. The molecule has 11 rings (SSSR count). The molecule has 23 nitrogen and oxygen atoms in total. The summed E-state index contributed by atoms with van der Waals surface area (Å²) in [5, 5.41) is 19.0. The van der Waals surface area contributed by atoms with E-state index in [4.69, 9.17) is 20.6 Å². The number of likely N-dealkylation sites (tertiary alicyclic amines) is 4. The minimum atomic E-state index is -0.633. The molecule has 5 fully saturated rings. The Bertz CT molecular complexity index is 3550. The first kappa shape index (κ1) is 62.1. The number of rotatable bonds is 20. The van der Waals surface area contributed by atoms with Crippen molar-refractivity contribution in [2.75, 3.05) is 102 Å². The van der Waals surface area contributed by atoms with Gasteiger partial charge in [0.2, 0.25) is 29.5 Å². The van der Waals surface area contributed by atoms with Crippen molar-refractivity contribution < 1.29 is 42.7 Å². The molecule has 6 amide bonds. The molecule has 3 aromatic carbocycles. The third-order valence-corrected chi connectivity index (χ3v) is 18.7. The SMILES string of the molecule is CCOC(=O)CNC(=O)CNC(=O)Cn1nc(C2CCN(C(=O)CCC(=O)N3CCC(CN4CCC(C(=O)N5CCC(c6ccc(Nc7nc(N8CCCCC8)cnc7C(N)=O)cc6)CC5)CC4)CC3)CC2)c2c(-c3cc4c(cnn4C)cc3F)cccc21. The third kappa shape index (κ3) is 14.8. The fraction of sp³-hybridized carbons (Fsp3) is 0.523. The number of aryl methyl sites for hydroxylation is 1. The quantitative estimate of drug-likeness (QED) is 0.0640. The Balaban J connectivity index is 0.608. The summed E-state index contributed by atoms with van der Waals surface area (Å²) in [5.41, 5.74) is 10.8. The summed E-state index contributed by atoms with van der Waals surface area (Å²) in [6.07, 6.45) is 13.3. The van der Waals surface area contributed by atoms with Crippen LogP contribution in [0.25, 0.3) is 32.9 Å². The number of halogens is 1. The second kappa shape index (κ2) is 28.3. The summed E-state index contributed by atoms with van der Waals surface area (Å²) < 4.78 is 24.2. The number of aromatic nitrogens is 6. The van der Waals surface area contributed by atoms with Crippen LogP contribution in [-0.2, 0) is 47.1 Å². The molecule has 5 aliphatic rings. The first-order valence-electron chi connectivity index (χ1n) is 31.8. The summed E-state index contributed by atoms with van der Waals surface area (Å²) in [7, 11) is 1.79. The largest absolute Gasteiger partial charge is 0.465 e. The first-order valence-corrected chi connectivity index (χ1v) is 31.8. The maximum atomic E-state index is 16.1. The summed E-state index contributed by atoms with van der Waals surface area (Å²) in [4.78, 5) is 110. The van der Waals surface area contributed by atoms with Crippen molar-refractivity contribution in [3.8, 4) is 11.1 Å². The predicted octanol–water partition coefficient (Wildman–Crippen LogP) is 5.99. The first-order chi connectivity index (χ1) is 43.2. The summed E-state index contributed by atoms with van der Waals surface area (Å²) >= 11 is 0. The van der Waals surface area contributed by atoms with Crippen molar-refractivity contribution in [3.05, 3.63) is 89.8 Å². The number of amides is 6. The number of nitrogens with one attached hydrogen (secondary N) is 3. The average Bonchev–Trinajstić information content (AvgIpc) is 1.77. The predicted molar refractivity (Wildman–Crippen MR) is 333 cm³/mol. The number of hydrogen-bond donors (Lipinski definition) is 4. The highest BCUT2D eigenvalue weighted by molar-refractivity contribution is 6.00. The number of carbonyl (C=O) groups is 7. The molecule has 0 bridgehead atoms. The molecular formula is C65H82FN15O8. The Kier molecular flexibility index (Phi) is 19.7. The van der Waals surface area contributed by atoms with Gasteiger partial charge in [0.15, 0.2) is 11.5 Å². The van der Waals surface area contributed by atoms with E-state index in [-0.39, 0.29) is 74.3 Å². The molecule has 8 heterocycles. The zero-order valence-electron chi connectivity index (χ0n) is 51.1. The van der Waals surface area contributed by atoms with Crippen LogP contribution in [0.1, 0.15) is 124 Å². The number of hydrogen-bond acceptors (Lipinski definition) is 15. The van der Waals surface area contributed by atoms with E-state index in [1.54, 1.807) is 47.9 Å². The smallest absolute Gasteiger partial charge is 0.325 e. The number of fused-ring (bicyclic) bond motifs is 2. The molecule has 0 spiro atoms. The Labute approximate surface area is 517 Å². The molecule has 0 radical (unpaired) electrons. The fourth-order valence-electron chi connectivity index (χ4n) is 13.7. The van der Waals surface area contributed by atoms with Gasteiger partial charge in [-0.05, 0) is 144 Å². The number of primary amides is 1. The highest BCUT2D eigenvalue weighted by Gasteiger charge is 2.35. The average molecular weight is 1220 g/mol. The number of anilines is 3. The summed E-state index contributed by atoms with van der Waals surface area (Å²) in [5.74, 6) is -0.749. The van der Waals surface area contributed by atoms with Gasteiger partial charge < -0.3 is 50.9 Å². The van der Waals surface area contributed by atoms with E-state index in [1.807, 2.05) is 34.1 Å². The van der Waals surface area contributed by atoms with Gasteiger partial charge in [0.1, 0.15) is 24.7 Å². The molecule has 5 N–H and O–H groups in total. The van der Waals surface area contributed by atoms with E-state index < -0.39 is 29.5 Å². The van der Waals surface area contributed by atoms with Crippen LogP contribution in [0.4, 0.5) is 21.7 Å². The maximum absolute atomic E-state index is 16.1. The number of esters is 1. The van der Waals surface area contributed by atoms with Crippen LogP contribution in [0.3, 0.4) is 0 Å². The van der Waals surface area contributed by atoms with Crippen LogP contribution in [0.5, 0.6) is 0 Å². The number of ether oxygens (including phenoxy) is 1. The van der Waals surface area contributed by atoms with Gasteiger partial charge in [-0.15, -0.1) is 0 Å². The van der Waals surface area contributed by atoms with Crippen molar-refractivity contribution in [2.45, 2.75) is 109 Å². The number of piperidine rings is 5. The molecular weight excluding hydrogens is 1140 g/mol. The van der Waals surface area contributed by atoms with Crippen molar-refractivity contribution >= 4 is 80.5 Å². The Morgan fingerprint density at radius 2 is 1.36 bits per heavy atom. The maximum Gasteiger partial charge on any atom is 0.325 e. The number of nitrogens with two attached hydrogens (primary N) is 1. The van der Waals surface area contributed by atoms with Gasteiger partial charge in [-0.3, -0.25) is 42.9 Å². The topological polar surface area (TPSA) is 268 Å². The lowest BCUT2D eigenvalue weighted by atomic mass is 9.87. The van der Waals surface area contributed by atoms with Crippen molar-refractivity contribution in [2.24, 2.45) is 24.6 Å². The van der Waals surface area contributed by atoms with Crippen molar-refractivity contribution in [1.29, 1.82) is 0 Å². The molecule has 5 aliphatic heterocycles. The van der Waals surface area contributed by atoms with Gasteiger partial charge >= 0.3 is 5.97 Å². The monoisotopic (exact) mass is 1220 g/mol. The molecule has 3 aromatic heterocycles. The van der Waals surface area contributed by atoms with E-state index in [0.29, 0.717) is 89.8 Å². The zero-order valence-corrected chi connectivity index (χ0v) is 51.1. The van der Waals surface area contributed by atoms with Gasteiger partial charge in [-0.2, -0.15) is 10.2 Å². The summed E-state index contributed by atoms with van der Waals surface area (Å²) in [6.45, 7) is 9.11. The second-order valence-corrected chi connectivity index (χ2v) is 24.5. The molecule has 0 atom stereocenters. The van der Waals surface area contributed by atoms with E-state index in [0.717, 1.165) is 114 Å². The highest BCUT2D eigenvalue weighted by atomic mass is 19.1. The lowest BCUT2D eigenvalue weighted by molar-refractivity contribution is -0.143. The van der Waals surface area contributed by atoms with E-state index in [1.165, 1.54) is 18.1 Å². The molecule has 5 saturated heterocycles. The van der Waals surface area contributed by atoms with E-state index in [9.17, 15) is 33.6 Å². The third-order valence-electron chi connectivity index (χ3n) is 18.7. The van der Waals surface area contributed by atoms with E-state index in [2.05, 4.69) is 52.9 Å². The zero-order chi connectivity index (χ0) is 62.1. The summed E-state index contributed by atoms with van der Waals surface area (Å²) in [6, 6.07) is 16.9. The van der Waals surface area contributed by atoms with Crippen molar-refractivity contribution in [3.63, 3.8) is 0 Å². The molecule has 0 saturated carbocycles. The normalized spacial score (nSPS) is 17.7. The van der Waals surface area contributed by atoms with Crippen LogP contribution >= 0.6 is 0 Å². The number of nitrogens with zero attached hydrogens (tertiary/aromatic N) is 11. The Morgan fingerprint density at radius 1 is 0.697 bits per heavy atom. The van der Waals surface area contributed by atoms with Crippen LogP contribution in [0.15, 0.2) is 67.0 Å². The van der Waals surface area contributed by atoms with Gasteiger partial charge in [-0.25, -0.2) is 14.4 Å². The van der Waals surface area contributed by atoms with Crippen molar-refractivity contribution in [1.82, 2.24) is 59.8 Å². The lowest BCUT2D eigenvalue weighted by Gasteiger charge is -2.39. The Morgan fingerprint density at radius 3 is 2.04 bits per heavy atom. The minimum Gasteiger partial charge on any atom is -0.465 e. The lowest BCUT2D eigenvalue weighted by Crippen LogP contribution is -2.47. The number of carbonyl (C=O) groups excluding carboxylic acids is 7. The fourth-order valence-corrected chi connectivity index (χ4v) is 13.7. The second-order valence-electron chi connectivity index (χ2n) is 24.5. The molecule has 472 valence electrons. The number of benzene rings is 3. The van der Waals surface area contributed by atoms with Crippen LogP contribution in [-0.4, -0.2) is 182 Å². The molecule has 24 heteroatoms. The van der Waals surface area contributed by atoms with Gasteiger partial charge in [-0.1, -0.05) is 24.3 Å². The molecule has 89 heavy (non-hydrogen) atoms. The van der Waals surface area contributed by atoms with Gasteiger partial charge in [0.05, 0.1) is 42.3 Å². The highest BCUT2D eigenvalue weighted by Crippen LogP contribution is 2.40.